The van der Waals surface area contributed by atoms with E-state index >= 15 is 0 Å². The van der Waals surface area contributed by atoms with Crippen molar-refractivity contribution in [2.45, 2.75) is 6.17 Å². The molecule has 9 rings (SSSR count). The summed E-state index contributed by atoms with van der Waals surface area (Å²) in [6, 6.07) is 46.7. The number of nitrogens with zero attached hydrogens (tertiary/aromatic N) is 2. The summed E-state index contributed by atoms with van der Waals surface area (Å²) in [7, 11) is 0. The number of aliphatic imine (C=N–C) groups is 1. The summed E-state index contributed by atoms with van der Waals surface area (Å²) in [6.07, 6.45) is 8.58. The molecule has 2 heteroatoms. The molecular weight excluding hydrogens is 520 g/mol. The molecule has 0 bridgehead atoms. The van der Waals surface area contributed by atoms with Gasteiger partial charge >= 0.3 is 0 Å². The van der Waals surface area contributed by atoms with Gasteiger partial charge in [-0.3, -0.25) is 4.99 Å². The predicted octanol–water partition coefficient (Wildman–Crippen LogP) is 10.1. The molecule has 2 aliphatic rings. The van der Waals surface area contributed by atoms with Crippen LogP contribution in [-0.2, 0) is 0 Å². The van der Waals surface area contributed by atoms with Crippen molar-refractivity contribution in [1.29, 1.82) is 0 Å². The highest BCUT2D eigenvalue weighted by molar-refractivity contribution is 6.26. The van der Waals surface area contributed by atoms with Crippen LogP contribution in [0, 0.1) is 0 Å². The molecule has 0 amide bonds. The van der Waals surface area contributed by atoms with Crippen LogP contribution in [0.2, 0.25) is 0 Å². The Labute approximate surface area is 250 Å². The van der Waals surface area contributed by atoms with Crippen LogP contribution in [0.15, 0.2) is 157 Å². The second-order valence-electron chi connectivity index (χ2n) is 11.5. The maximum atomic E-state index is 5.11. The summed E-state index contributed by atoms with van der Waals surface area (Å²) in [5, 5.41) is 10.1. The average molecular weight is 549 g/mol. The van der Waals surface area contributed by atoms with Gasteiger partial charge in [0, 0.05) is 11.8 Å². The Balaban J connectivity index is 1.34. The molecule has 2 nitrogen and oxygen atoms in total. The lowest BCUT2D eigenvalue weighted by Crippen LogP contribution is -2.25. The molecule has 0 N–H and O–H groups in total. The Bertz CT molecular complexity index is 2280. The minimum Gasteiger partial charge on any atom is -0.347 e. The van der Waals surface area contributed by atoms with E-state index in [1.165, 1.54) is 70.9 Å². The topological polar surface area (TPSA) is 15.6 Å². The summed E-state index contributed by atoms with van der Waals surface area (Å²) >= 11 is 0. The largest absolute Gasteiger partial charge is 0.347 e. The third-order valence-electron chi connectivity index (χ3n) is 9.13. The van der Waals surface area contributed by atoms with Gasteiger partial charge in [-0.1, -0.05) is 133 Å². The second kappa shape index (κ2) is 9.54. The van der Waals surface area contributed by atoms with Crippen molar-refractivity contribution in [3.63, 3.8) is 0 Å². The lowest BCUT2D eigenvalue weighted by atomic mass is 9.83. The molecule has 0 saturated carbocycles. The van der Waals surface area contributed by atoms with Crippen molar-refractivity contribution in [2.24, 2.45) is 4.99 Å². The zero-order valence-corrected chi connectivity index (χ0v) is 23.6. The highest BCUT2D eigenvalue weighted by atomic mass is 15.3. The Morgan fingerprint density at radius 2 is 0.977 bits per heavy atom. The Morgan fingerprint density at radius 1 is 0.465 bits per heavy atom. The molecule has 202 valence electrons. The molecule has 0 spiro atoms. The van der Waals surface area contributed by atoms with E-state index in [1.54, 1.807) is 0 Å². The molecular formula is C41H28N2. The molecule has 1 atom stereocenters. The van der Waals surface area contributed by atoms with Crippen LogP contribution in [0.4, 0.5) is 0 Å². The monoisotopic (exact) mass is 548 g/mol. The number of fused-ring (bicyclic) bond motifs is 5. The summed E-state index contributed by atoms with van der Waals surface area (Å²) in [4.78, 5) is 7.40. The predicted molar refractivity (Wildman–Crippen MR) is 183 cm³/mol. The van der Waals surface area contributed by atoms with E-state index < -0.39 is 0 Å². The maximum Gasteiger partial charge on any atom is 0.140 e. The summed E-state index contributed by atoms with van der Waals surface area (Å²) in [5.41, 5.74) is 7.48. The fraction of sp³-hybridized carbons (Fsp3) is 0.0488. The van der Waals surface area contributed by atoms with Crippen LogP contribution in [0.3, 0.4) is 0 Å². The van der Waals surface area contributed by atoms with Crippen LogP contribution in [-0.4, -0.2) is 23.3 Å². The molecule has 0 aliphatic carbocycles. The van der Waals surface area contributed by atoms with Gasteiger partial charge < -0.3 is 4.90 Å². The third-order valence-corrected chi connectivity index (χ3v) is 9.13. The first kappa shape index (κ1) is 24.2. The molecule has 7 aromatic rings. The van der Waals surface area contributed by atoms with Gasteiger partial charge in [-0.25, -0.2) is 0 Å². The number of hydrogen-bond acceptors (Lipinski definition) is 2. The van der Waals surface area contributed by atoms with E-state index in [1.807, 2.05) is 0 Å². The Kier molecular flexibility index (Phi) is 5.36. The zero-order valence-electron chi connectivity index (χ0n) is 23.6. The maximum absolute atomic E-state index is 5.11. The lowest BCUT2D eigenvalue weighted by molar-refractivity contribution is 0.393. The average Bonchev–Trinajstić information content (AvgIpc) is 3.51. The first-order chi connectivity index (χ1) is 21.3. The molecule has 0 fully saturated rings. The molecule has 2 aliphatic heterocycles. The summed E-state index contributed by atoms with van der Waals surface area (Å²) in [6.45, 7) is 0.820. The molecule has 7 aromatic carbocycles. The number of rotatable bonds is 3. The van der Waals surface area contributed by atoms with E-state index in [0.29, 0.717) is 0 Å². The SMILES string of the molecule is C1=CC2N=C(c3ccc(-c4c5ccccc5c(-c5cccc6ccccc56)c5ccccc45)c4ccccc34)CN2C=C1. The van der Waals surface area contributed by atoms with Crippen LogP contribution >= 0.6 is 0 Å². The van der Waals surface area contributed by atoms with Gasteiger partial charge in [0.1, 0.15) is 6.17 Å². The molecule has 0 radical (unpaired) electrons. The van der Waals surface area contributed by atoms with Crippen LogP contribution in [0.1, 0.15) is 5.56 Å². The zero-order chi connectivity index (χ0) is 28.3. The molecule has 43 heavy (non-hydrogen) atoms. The van der Waals surface area contributed by atoms with Crippen LogP contribution < -0.4 is 0 Å². The number of hydrogen-bond donors (Lipinski definition) is 0. The van der Waals surface area contributed by atoms with Crippen molar-refractivity contribution < 1.29 is 0 Å². The minimum absolute atomic E-state index is 0.0907. The van der Waals surface area contributed by atoms with E-state index in [4.69, 9.17) is 4.99 Å². The number of benzene rings is 7. The van der Waals surface area contributed by atoms with E-state index in [-0.39, 0.29) is 6.17 Å². The van der Waals surface area contributed by atoms with Crippen LogP contribution in [0.25, 0.3) is 65.3 Å². The van der Waals surface area contributed by atoms with Crippen LogP contribution in [0.5, 0.6) is 0 Å². The molecule has 0 aromatic heterocycles. The lowest BCUT2D eigenvalue weighted by Gasteiger charge is -2.21. The Morgan fingerprint density at radius 3 is 1.63 bits per heavy atom. The van der Waals surface area contributed by atoms with Gasteiger partial charge in [-0.05, 0) is 77.5 Å². The van der Waals surface area contributed by atoms with Crippen molar-refractivity contribution in [3.05, 3.63) is 157 Å². The first-order valence-corrected chi connectivity index (χ1v) is 15.0. The van der Waals surface area contributed by atoms with Gasteiger partial charge in [0.05, 0.1) is 12.3 Å². The van der Waals surface area contributed by atoms with Gasteiger partial charge in [0.15, 0.2) is 0 Å². The van der Waals surface area contributed by atoms with E-state index in [9.17, 15) is 0 Å². The van der Waals surface area contributed by atoms with Crippen molar-refractivity contribution >= 4 is 48.8 Å². The number of allylic oxidation sites excluding steroid dienone is 2. The summed E-state index contributed by atoms with van der Waals surface area (Å²) < 4.78 is 0. The van der Waals surface area contributed by atoms with Crippen molar-refractivity contribution in [2.75, 3.05) is 6.54 Å². The highest BCUT2D eigenvalue weighted by Gasteiger charge is 2.26. The highest BCUT2D eigenvalue weighted by Crippen LogP contribution is 2.46. The fourth-order valence-electron chi connectivity index (χ4n) is 7.23. The summed E-state index contributed by atoms with van der Waals surface area (Å²) in [5.74, 6) is 0. The normalized spacial score (nSPS) is 16.0. The first-order valence-electron chi connectivity index (χ1n) is 15.0. The fourth-order valence-corrected chi connectivity index (χ4v) is 7.23. The standard InChI is InChI=1S/C41H28N2/c1-2-14-28-27(12-1)13-11-21-32(28)40-33-17-5-7-19-35(33)41(36-20-8-6-18-34(36)40)37-24-23-31(29-15-3-4-16-30(29)37)38-26-43-25-10-9-22-39(43)42-38/h1-25,39H,26H2. The quantitative estimate of drug-likeness (QED) is 0.201. The molecule has 2 heterocycles. The van der Waals surface area contributed by atoms with E-state index in [2.05, 4.69) is 157 Å². The van der Waals surface area contributed by atoms with Crippen molar-refractivity contribution in [3.8, 4) is 22.3 Å². The van der Waals surface area contributed by atoms with Crippen molar-refractivity contribution in [1.82, 2.24) is 4.90 Å². The van der Waals surface area contributed by atoms with Gasteiger partial charge in [-0.2, -0.15) is 0 Å². The second-order valence-corrected chi connectivity index (χ2v) is 11.5. The minimum atomic E-state index is 0.0907. The van der Waals surface area contributed by atoms with E-state index in [0.717, 1.165) is 12.3 Å². The molecule has 0 saturated heterocycles. The van der Waals surface area contributed by atoms with Gasteiger partial charge in [0.2, 0.25) is 0 Å². The molecule has 1 unspecified atom stereocenters. The Hall–Kier alpha value is -5.47. The van der Waals surface area contributed by atoms with Gasteiger partial charge in [-0.15, -0.1) is 0 Å². The smallest absolute Gasteiger partial charge is 0.140 e. The van der Waals surface area contributed by atoms with Gasteiger partial charge in [0.25, 0.3) is 0 Å². The third kappa shape index (κ3) is 3.70.